The third kappa shape index (κ3) is 6.61. The number of aryl methyl sites for hydroxylation is 1. The van der Waals surface area contributed by atoms with Gasteiger partial charge in [0.2, 0.25) is 11.8 Å². The summed E-state index contributed by atoms with van der Waals surface area (Å²) in [5.74, 6) is 0.534. The van der Waals surface area contributed by atoms with Crippen LogP contribution in [0.15, 0.2) is 42.5 Å². The average molecular weight is 383 g/mol. The van der Waals surface area contributed by atoms with Gasteiger partial charge >= 0.3 is 0 Å². The number of ether oxygens (including phenoxy) is 1. The highest BCUT2D eigenvalue weighted by Crippen LogP contribution is 2.21. The Kier molecular flexibility index (Phi) is 7.87. The molecule has 0 fully saturated rings. The second kappa shape index (κ2) is 10.3. The molecular formula is C22H29N3O3. The Labute approximate surface area is 166 Å². The molecule has 0 aliphatic carbocycles. The molecule has 28 heavy (non-hydrogen) atoms. The first-order chi connectivity index (χ1) is 13.4. The van der Waals surface area contributed by atoms with Gasteiger partial charge < -0.3 is 20.7 Å². The third-order valence-corrected chi connectivity index (χ3v) is 4.32. The molecule has 0 aromatic heterocycles. The monoisotopic (exact) mass is 383 g/mol. The van der Waals surface area contributed by atoms with Crippen LogP contribution in [0, 0.1) is 6.92 Å². The van der Waals surface area contributed by atoms with Gasteiger partial charge in [-0.25, -0.2) is 0 Å². The molecule has 0 aliphatic heterocycles. The molecule has 2 aromatic carbocycles. The number of amides is 2. The largest absolute Gasteiger partial charge is 0.491 e. The summed E-state index contributed by atoms with van der Waals surface area (Å²) in [4.78, 5) is 23.9. The van der Waals surface area contributed by atoms with Gasteiger partial charge in [-0.3, -0.25) is 9.59 Å². The van der Waals surface area contributed by atoms with E-state index in [1.807, 2.05) is 50.2 Å². The van der Waals surface area contributed by atoms with E-state index < -0.39 is 0 Å². The maximum atomic E-state index is 12.3. The molecule has 2 amide bonds. The zero-order valence-corrected chi connectivity index (χ0v) is 17.0. The van der Waals surface area contributed by atoms with Crippen LogP contribution in [0.25, 0.3) is 0 Å². The Balaban J connectivity index is 1.93. The predicted molar refractivity (Wildman–Crippen MR) is 114 cm³/mol. The lowest BCUT2D eigenvalue weighted by molar-refractivity contribution is -0.116. The molecule has 0 saturated carbocycles. The summed E-state index contributed by atoms with van der Waals surface area (Å²) >= 11 is 0. The molecule has 2 rings (SSSR count). The molecule has 0 saturated heterocycles. The summed E-state index contributed by atoms with van der Waals surface area (Å²) in [7, 11) is 0. The van der Waals surface area contributed by atoms with E-state index in [1.54, 1.807) is 13.0 Å². The van der Waals surface area contributed by atoms with Crippen LogP contribution in [0.2, 0.25) is 0 Å². The van der Waals surface area contributed by atoms with Crippen molar-refractivity contribution in [2.24, 2.45) is 0 Å². The number of benzene rings is 2. The van der Waals surface area contributed by atoms with Crippen molar-refractivity contribution in [3.8, 4) is 5.75 Å². The van der Waals surface area contributed by atoms with Gasteiger partial charge in [-0.2, -0.15) is 0 Å². The van der Waals surface area contributed by atoms with Gasteiger partial charge in [-0.05, 0) is 50.1 Å². The van der Waals surface area contributed by atoms with Gasteiger partial charge in [0.1, 0.15) is 5.75 Å². The number of anilines is 3. The fraction of sp³-hybridized carbons (Fsp3) is 0.364. The van der Waals surface area contributed by atoms with Crippen LogP contribution in [0.4, 0.5) is 17.1 Å². The predicted octanol–water partition coefficient (Wildman–Crippen LogP) is 4.57. The maximum Gasteiger partial charge on any atom is 0.243 e. The van der Waals surface area contributed by atoms with E-state index in [9.17, 15) is 9.59 Å². The highest BCUT2D eigenvalue weighted by atomic mass is 16.5. The van der Waals surface area contributed by atoms with Crippen LogP contribution in [-0.2, 0) is 9.59 Å². The zero-order chi connectivity index (χ0) is 20.5. The zero-order valence-electron chi connectivity index (χ0n) is 17.0. The number of carbonyl (C=O) groups is 2. The maximum absolute atomic E-state index is 12.3. The highest BCUT2D eigenvalue weighted by molar-refractivity contribution is 5.96. The molecule has 2 aromatic rings. The van der Waals surface area contributed by atoms with E-state index in [2.05, 4.69) is 22.9 Å². The molecule has 0 heterocycles. The first kappa shape index (κ1) is 21.3. The van der Waals surface area contributed by atoms with Crippen molar-refractivity contribution in [2.45, 2.75) is 46.6 Å². The fourth-order valence-electron chi connectivity index (χ4n) is 2.46. The van der Waals surface area contributed by atoms with E-state index in [0.717, 1.165) is 23.4 Å². The van der Waals surface area contributed by atoms with E-state index in [1.165, 1.54) is 0 Å². The van der Waals surface area contributed by atoms with Crippen LogP contribution in [0.5, 0.6) is 5.75 Å². The summed E-state index contributed by atoms with van der Waals surface area (Å²) in [6.45, 7) is 7.92. The average Bonchev–Trinajstić information content (AvgIpc) is 2.69. The summed E-state index contributed by atoms with van der Waals surface area (Å²) < 4.78 is 5.80. The number of nitrogens with one attached hydrogen (secondary N) is 3. The quantitative estimate of drug-likeness (QED) is 0.592. The van der Waals surface area contributed by atoms with Crippen LogP contribution < -0.4 is 20.7 Å². The van der Waals surface area contributed by atoms with Gasteiger partial charge in [0.05, 0.1) is 12.6 Å². The third-order valence-electron chi connectivity index (χ3n) is 4.32. The smallest absolute Gasteiger partial charge is 0.243 e. The van der Waals surface area contributed by atoms with Crippen molar-refractivity contribution in [1.29, 1.82) is 0 Å². The van der Waals surface area contributed by atoms with E-state index in [-0.39, 0.29) is 24.5 Å². The lowest BCUT2D eigenvalue weighted by atomic mass is 10.1. The standard InChI is InChI=1S/C22H29N3O3/c1-5-16(4)28-19-9-7-8-17(12-19)23-14-22(27)24-18-11-10-15(3)20(13-18)25-21(26)6-2/h7-13,16,23H,5-6,14H2,1-4H3,(H,24,27)(H,25,26). The summed E-state index contributed by atoms with van der Waals surface area (Å²) in [6, 6.07) is 13.0. The molecule has 0 spiro atoms. The lowest BCUT2D eigenvalue weighted by Crippen LogP contribution is -2.22. The second-order valence-electron chi connectivity index (χ2n) is 6.70. The van der Waals surface area contributed by atoms with Gasteiger partial charge in [-0.1, -0.05) is 26.0 Å². The van der Waals surface area contributed by atoms with Crippen molar-refractivity contribution in [2.75, 3.05) is 22.5 Å². The number of carbonyl (C=O) groups excluding carboxylic acids is 2. The van der Waals surface area contributed by atoms with Crippen molar-refractivity contribution >= 4 is 28.9 Å². The minimum atomic E-state index is -0.176. The fourth-order valence-corrected chi connectivity index (χ4v) is 2.46. The van der Waals surface area contributed by atoms with Crippen molar-refractivity contribution in [1.82, 2.24) is 0 Å². The molecule has 1 unspecified atom stereocenters. The SMILES string of the molecule is CCC(=O)Nc1cc(NC(=O)CNc2cccc(OC(C)CC)c2)ccc1C. The number of hydrogen-bond donors (Lipinski definition) is 3. The lowest BCUT2D eigenvalue weighted by Gasteiger charge is -2.14. The minimum absolute atomic E-state index is 0.0623. The first-order valence-corrected chi connectivity index (χ1v) is 9.62. The topological polar surface area (TPSA) is 79.5 Å². The van der Waals surface area contributed by atoms with E-state index in [0.29, 0.717) is 17.8 Å². The van der Waals surface area contributed by atoms with Gasteiger partial charge in [0.15, 0.2) is 0 Å². The van der Waals surface area contributed by atoms with Crippen molar-refractivity contribution in [3.05, 3.63) is 48.0 Å². The van der Waals surface area contributed by atoms with Crippen LogP contribution in [-0.4, -0.2) is 24.5 Å². The second-order valence-corrected chi connectivity index (χ2v) is 6.70. The van der Waals surface area contributed by atoms with Crippen molar-refractivity contribution in [3.63, 3.8) is 0 Å². The molecule has 0 aliphatic rings. The van der Waals surface area contributed by atoms with E-state index >= 15 is 0 Å². The normalized spacial score (nSPS) is 11.4. The van der Waals surface area contributed by atoms with Crippen LogP contribution in [0.1, 0.15) is 39.2 Å². The molecule has 0 radical (unpaired) electrons. The minimum Gasteiger partial charge on any atom is -0.491 e. The van der Waals surface area contributed by atoms with Gasteiger partial charge in [0.25, 0.3) is 0 Å². The number of hydrogen-bond acceptors (Lipinski definition) is 4. The first-order valence-electron chi connectivity index (χ1n) is 9.62. The Morgan fingerprint density at radius 1 is 1.00 bits per heavy atom. The molecule has 3 N–H and O–H groups in total. The summed E-state index contributed by atoms with van der Waals surface area (Å²) in [6.07, 6.45) is 1.47. The molecular weight excluding hydrogens is 354 g/mol. The molecule has 1 atom stereocenters. The Morgan fingerprint density at radius 3 is 2.50 bits per heavy atom. The molecule has 6 heteroatoms. The molecule has 6 nitrogen and oxygen atoms in total. The summed E-state index contributed by atoms with van der Waals surface area (Å²) in [5, 5.41) is 8.78. The molecule has 150 valence electrons. The van der Waals surface area contributed by atoms with E-state index in [4.69, 9.17) is 4.74 Å². The van der Waals surface area contributed by atoms with Crippen LogP contribution in [0.3, 0.4) is 0 Å². The summed E-state index contributed by atoms with van der Waals surface area (Å²) in [5.41, 5.74) is 3.09. The Bertz CT molecular complexity index is 820. The van der Waals surface area contributed by atoms with Gasteiger partial charge in [0, 0.05) is 29.5 Å². The van der Waals surface area contributed by atoms with Gasteiger partial charge in [-0.15, -0.1) is 0 Å². The Morgan fingerprint density at radius 2 is 1.79 bits per heavy atom. The van der Waals surface area contributed by atoms with Crippen LogP contribution >= 0.6 is 0 Å². The van der Waals surface area contributed by atoms with Crippen molar-refractivity contribution < 1.29 is 14.3 Å². The molecule has 0 bridgehead atoms. The Hall–Kier alpha value is -3.02. The number of rotatable bonds is 9. The highest BCUT2D eigenvalue weighted by Gasteiger charge is 2.08.